The van der Waals surface area contributed by atoms with Gasteiger partial charge in [-0.25, -0.2) is 4.79 Å². The fourth-order valence-corrected chi connectivity index (χ4v) is 1.53. The zero-order valence-electron chi connectivity index (χ0n) is 10.0. The van der Waals surface area contributed by atoms with Crippen LogP contribution < -0.4 is 5.73 Å². The number of rotatable bonds is 6. The number of hydrogen-bond donors (Lipinski definition) is 1. The SMILES string of the molecule is CCCCC(C(=O)OC)n1ccc(C(N)=O)n1. The summed E-state index contributed by atoms with van der Waals surface area (Å²) >= 11 is 0. The Morgan fingerprint density at radius 2 is 2.29 bits per heavy atom. The van der Waals surface area contributed by atoms with Crippen molar-refractivity contribution in [2.24, 2.45) is 5.73 Å². The first-order valence-corrected chi connectivity index (χ1v) is 5.53. The summed E-state index contributed by atoms with van der Waals surface area (Å²) in [6, 6.07) is 0.998. The van der Waals surface area contributed by atoms with Crippen LogP contribution in [0.3, 0.4) is 0 Å². The fourth-order valence-electron chi connectivity index (χ4n) is 1.53. The monoisotopic (exact) mass is 239 g/mol. The van der Waals surface area contributed by atoms with E-state index in [0.717, 1.165) is 12.8 Å². The highest BCUT2D eigenvalue weighted by Crippen LogP contribution is 2.16. The highest BCUT2D eigenvalue weighted by Gasteiger charge is 2.22. The zero-order valence-corrected chi connectivity index (χ0v) is 10.0. The molecule has 0 spiro atoms. The van der Waals surface area contributed by atoms with Crippen molar-refractivity contribution in [3.8, 4) is 0 Å². The first-order chi connectivity index (χ1) is 8.10. The van der Waals surface area contributed by atoms with Crippen molar-refractivity contribution in [3.63, 3.8) is 0 Å². The first-order valence-electron chi connectivity index (χ1n) is 5.53. The average molecular weight is 239 g/mol. The second kappa shape index (κ2) is 6.03. The molecule has 0 aliphatic carbocycles. The van der Waals surface area contributed by atoms with Gasteiger partial charge < -0.3 is 10.5 Å². The van der Waals surface area contributed by atoms with E-state index in [1.807, 2.05) is 6.92 Å². The van der Waals surface area contributed by atoms with Gasteiger partial charge in [0.2, 0.25) is 0 Å². The molecule has 1 amide bonds. The van der Waals surface area contributed by atoms with E-state index < -0.39 is 11.9 Å². The van der Waals surface area contributed by atoms with E-state index >= 15 is 0 Å². The number of nitrogens with zero attached hydrogens (tertiary/aromatic N) is 2. The second-order valence-corrected chi connectivity index (χ2v) is 3.73. The van der Waals surface area contributed by atoms with Gasteiger partial charge in [-0.3, -0.25) is 9.48 Å². The Kier molecular flexibility index (Phi) is 4.68. The third-order valence-electron chi connectivity index (χ3n) is 2.48. The third kappa shape index (κ3) is 3.30. The smallest absolute Gasteiger partial charge is 0.330 e. The first kappa shape index (κ1) is 13.2. The Labute approximate surface area is 99.7 Å². The lowest BCUT2D eigenvalue weighted by Gasteiger charge is -2.14. The number of nitrogens with two attached hydrogens (primary N) is 1. The summed E-state index contributed by atoms with van der Waals surface area (Å²) in [6.07, 6.45) is 4.05. The molecule has 17 heavy (non-hydrogen) atoms. The maximum atomic E-state index is 11.6. The lowest BCUT2D eigenvalue weighted by atomic mass is 10.1. The molecule has 1 rings (SSSR count). The molecule has 6 nitrogen and oxygen atoms in total. The van der Waals surface area contributed by atoms with E-state index in [4.69, 9.17) is 10.5 Å². The summed E-state index contributed by atoms with van der Waals surface area (Å²) in [5.74, 6) is -0.972. The molecule has 6 heteroatoms. The van der Waals surface area contributed by atoms with Crippen LogP contribution in [0.15, 0.2) is 12.3 Å². The van der Waals surface area contributed by atoms with Crippen LogP contribution in [0.25, 0.3) is 0 Å². The van der Waals surface area contributed by atoms with Crippen molar-refractivity contribution < 1.29 is 14.3 Å². The molecule has 0 bridgehead atoms. The Morgan fingerprint density at radius 1 is 1.59 bits per heavy atom. The molecule has 2 N–H and O–H groups in total. The van der Waals surface area contributed by atoms with Crippen LogP contribution in [0.4, 0.5) is 0 Å². The number of aromatic nitrogens is 2. The van der Waals surface area contributed by atoms with E-state index in [-0.39, 0.29) is 11.7 Å². The number of esters is 1. The minimum Gasteiger partial charge on any atom is -0.467 e. The number of amides is 1. The van der Waals surface area contributed by atoms with Crippen molar-refractivity contribution in [2.45, 2.75) is 32.2 Å². The van der Waals surface area contributed by atoms with Crippen molar-refractivity contribution in [1.82, 2.24) is 9.78 Å². The summed E-state index contributed by atoms with van der Waals surface area (Å²) in [6.45, 7) is 2.03. The summed E-state index contributed by atoms with van der Waals surface area (Å²) in [5.41, 5.74) is 5.25. The molecule has 0 radical (unpaired) electrons. The zero-order chi connectivity index (χ0) is 12.8. The molecule has 94 valence electrons. The van der Waals surface area contributed by atoms with Crippen LogP contribution in [0.2, 0.25) is 0 Å². The predicted octanol–water partition coefficient (Wildman–Crippen LogP) is 0.886. The van der Waals surface area contributed by atoms with E-state index in [9.17, 15) is 9.59 Å². The fraction of sp³-hybridized carbons (Fsp3) is 0.545. The van der Waals surface area contributed by atoms with E-state index in [2.05, 4.69) is 5.10 Å². The topological polar surface area (TPSA) is 87.2 Å². The van der Waals surface area contributed by atoms with Gasteiger partial charge in [-0.05, 0) is 12.5 Å². The Morgan fingerprint density at radius 3 is 2.76 bits per heavy atom. The minimum absolute atomic E-state index is 0.149. The van der Waals surface area contributed by atoms with E-state index in [0.29, 0.717) is 6.42 Å². The summed E-state index contributed by atoms with van der Waals surface area (Å²) in [7, 11) is 1.33. The van der Waals surface area contributed by atoms with Gasteiger partial charge in [0.25, 0.3) is 5.91 Å². The van der Waals surface area contributed by atoms with Gasteiger partial charge in [-0.15, -0.1) is 0 Å². The third-order valence-corrected chi connectivity index (χ3v) is 2.48. The molecule has 1 atom stereocenters. The summed E-state index contributed by atoms with van der Waals surface area (Å²) < 4.78 is 6.15. The van der Waals surface area contributed by atoms with Gasteiger partial charge in [-0.1, -0.05) is 19.8 Å². The quantitative estimate of drug-likeness (QED) is 0.747. The summed E-state index contributed by atoms with van der Waals surface area (Å²) in [4.78, 5) is 22.5. The van der Waals surface area contributed by atoms with Gasteiger partial charge in [0.15, 0.2) is 0 Å². The molecule has 1 unspecified atom stereocenters. The Hall–Kier alpha value is -1.85. The maximum Gasteiger partial charge on any atom is 0.330 e. The minimum atomic E-state index is -0.608. The molecular weight excluding hydrogens is 222 g/mol. The Bertz CT molecular complexity index is 400. The number of methoxy groups -OCH3 is 1. The number of primary amides is 1. The van der Waals surface area contributed by atoms with Gasteiger partial charge in [0, 0.05) is 6.20 Å². The van der Waals surface area contributed by atoms with Crippen LogP contribution in [0.5, 0.6) is 0 Å². The van der Waals surface area contributed by atoms with Crippen LogP contribution in [-0.4, -0.2) is 28.8 Å². The van der Waals surface area contributed by atoms with Crippen LogP contribution in [0, 0.1) is 0 Å². The van der Waals surface area contributed by atoms with Gasteiger partial charge >= 0.3 is 5.97 Å². The lowest BCUT2D eigenvalue weighted by molar-refractivity contribution is -0.145. The number of ether oxygens (including phenoxy) is 1. The van der Waals surface area contributed by atoms with Gasteiger partial charge in [-0.2, -0.15) is 5.10 Å². The highest BCUT2D eigenvalue weighted by molar-refractivity contribution is 5.90. The predicted molar refractivity (Wildman–Crippen MR) is 61.3 cm³/mol. The molecule has 0 saturated heterocycles. The molecule has 1 aromatic rings. The highest BCUT2D eigenvalue weighted by atomic mass is 16.5. The van der Waals surface area contributed by atoms with Crippen molar-refractivity contribution in [1.29, 1.82) is 0 Å². The largest absolute Gasteiger partial charge is 0.467 e. The second-order valence-electron chi connectivity index (χ2n) is 3.73. The normalized spacial score (nSPS) is 12.1. The van der Waals surface area contributed by atoms with Crippen molar-refractivity contribution in [3.05, 3.63) is 18.0 Å². The maximum absolute atomic E-state index is 11.6. The molecule has 1 aromatic heterocycles. The lowest BCUT2D eigenvalue weighted by Crippen LogP contribution is -2.22. The standard InChI is InChI=1S/C11H17N3O3/c1-3-4-5-9(11(16)17-2)14-7-6-8(13-14)10(12)15/h6-7,9H,3-5H2,1-2H3,(H2,12,15). The van der Waals surface area contributed by atoms with E-state index in [1.165, 1.54) is 17.9 Å². The van der Waals surface area contributed by atoms with Crippen LogP contribution in [0.1, 0.15) is 42.7 Å². The van der Waals surface area contributed by atoms with Crippen molar-refractivity contribution >= 4 is 11.9 Å². The number of unbranched alkanes of at least 4 members (excludes halogenated alkanes) is 1. The molecule has 0 fully saturated rings. The summed E-state index contributed by atoms with van der Waals surface area (Å²) in [5, 5.41) is 3.97. The van der Waals surface area contributed by atoms with E-state index in [1.54, 1.807) is 6.20 Å². The molecule has 1 heterocycles. The molecule has 0 saturated carbocycles. The van der Waals surface area contributed by atoms with Gasteiger partial charge in [0.1, 0.15) is 11.7 Å². The van der Waals surface area contributed by atoms with Gasteiger partial charge in [0.05, 0.1) is 7.11 Å². The van der Waals surface area contributed by atoms with Crippen molar-refractivity contribution in [2.75, 3.05) is 7.11 Å². The number of carbonyl (C=O) groups excluding carboxylic acids is 2. The molecule has 0 aliphatic heterocycles. The molecule has 0 aliphatic rings. The Balaban J connectivity index is 2.87. The molecular formula is C11H17N3O3. The molecule has 0 aromatic carbocycles. The number of hydrogen-bond acceptors (Lipinski definition) is 4. The van der Waals surface area contributed by atoms with Crippen LogP contribution in [-0.2, 0) is 9.53 Å². The van der Waals surface area contributed by atoms with Crippen LogP contribution >= 0.6 is 0 Å². The average Bonchev–Trinajstić information content (AvgIpc) is 2.78. The number of carbonyl (C=O) groups is 2.